The molecule has 1 saturated heterocycles. The van der Waals surface area contributed by atoms with Crippen LogP contribution in [0.5, 0.6) is 0 Å². The van der Waals surface area contributed by atoms with E-state index < -0.39 is 0 Å². The number of rotatable bonds is 9. The van der Waals surface area contributed by atoms with Crippen LogP contribution in [-0.2, 0) is 38.6 Å². The van der Waals surface area contributed by atoms with Crippen LogP contribution in [0.4, 0.5) is 5.00 Å². The van der Waals surface area contributed by atoms with E-state index in [1.807, 2.05) is 23.1 Å². The van der Waals surface area contributed by atoms with Gasteiger partial charge in [-0.3, -0.25) is 19.4 Å². The van der Waals surface area contributed by atoms with E-state index >= 15 is 0 Å². The van der Waals surface area contributed by atoms with Crippen LogP contribution in [0, 0.1) is 5.92 Å². The van der Waals surface area contributed by atoms with Crippen LogP contribution >= 0.6 is 11.3 Å². The van der Waals surface area contributed by atoms with Gasteiger partial charge in [0, 0.05) is 31.1 Å². The van der Waals surface area contributed by atoms with Gasteiger partial charge in [-0.2, -0.15) is 0 Å². The highest BCUT2D eigenvalue weighted by molar-refractivity contribution is 7.17. The lowest BCUT2D eigenvalue weighted by Crippen LogP contribution is -2.43. The molecule has 1 fully saturated rings. The summed E-state index contributed by atoms with van der Waals surface area (Å²) < 4.78 is 10.5. The molecule has 1 unspecified atom stereocenters. The third-order valence-electron chi connectivity index (χ3n) is 6.61. The van der Waals surface area contributed by atoms with Gasteiger partial charge < -0.3 is 14.8 Å². The van der Waals surface area contributed by atoms with Crippen molar-refractivity contribution in [1.82, 2.24) is 9.80 Å². The molecule has 2 aliphatic rings. The Bertz CT molecular complexity index is 1070. The molecule has 4 rings (SSSR count). The molecule has 0 aliphatic carbocycles. The van der Waals surface area contributed by atoms with Gasteiger partial charge in [0.05, 0.1) is 31.2 Å². The second kappa shape index (κ2) is 12.5. The van der Waals surface area contributed by atoms with Crippen molar-refractivity contribution in [2.45, 2.75) is 46.2 Å². The van der Waals surface area contributed by atoms with Crippen molar-refractivity contribution in [2.24, 2.45) is 5.92 Å². The van der Waals surface area contributed by atoms with E-state index in [-0.39, 0.29) is 36.9 Å². The quantitative estimate of drug-likeness (QED) is 0.512. The van der Waals surface area contributed by atoms with Crippen molar-refractivity contribution < 1.29 is 23.9 Å². The Labute approximate surface area is 216 Å². The number of esters is 2. The summed E-state index contributed by atoms with van der Waals surface area (Å²) in [6.07, 6.45) is 2.35. The minimum atomic E-state index is -0.387. The highest BCUT2D eigenvalue weighted by atomic mass is 32.1. The molecule has 8 nitrogen and oxygen atoms in total. The molecule has 36 heavy (non-hydrogen) atoms. The Kier molecular flexibility index (Phi) is 9.12. The molecule has 0 bridgehead atoms. The Morgan fingerprint density at radius 1 is 1.06 bits per heavy atom. The topological polar surface area (TPSA) is 88.2 Å². The third-order valence-corrected chi connectivity index (χ3v) is 7.74. The van der Waals surface area contributed by atoms with Gasteiger partial charge in [0.25, 0.3) is 0 Å². The standard InChI is InChI=1S/C27H35N3O5S/c1-3-34-26(32)20-11-8-13-29(16-20)18-23(31)28-25-24(27(33)35-4-2)21-12-14-30(17-22(21)36-25)15-19-9-6-5-7-10-19/h5-7,9-10,20H,3-4,8,11-18H2,1-2H3,(H,28,31). The van der Waals surface area contributed by atoms with E-state index in [4.69, 9.17) is 9.47 Å². The summed E-state index contributed by atoms with van der Waals surface area (Å²) in [6.45, 7) is 8.05. The Morgan fingerprint density at radius 3 is 2.58 bits per heavy atom. The molecule has 194 valence electrons. The molecule has 1 N–H and O–H groups in total. The first-order valence-corrected chi connectivity index (χ1v) is 13.6. The number of anilines is 1. The van der Waals surface area contributed by atoms with Gasteiger partial charge >= 0.3 is 11.9 Å². The van der Waals surface area contributed by atoms with Gasteiger partial charge in [0.15, 0.2) is 0 Å². The summed E-state index contributed by atoms with van der Waals surface area (Å²) >= 11 is 1.47. The van der Waals surface area contributed by atoms with Gasteiger partial charge in [0.1, 0.15) is 5.00 Å². The number of thiophene rings is 1. The van der Waals surface area contributed by atoms with Crippen LogP contribution in [0.1, 0.15) is 53.1 Å². The van der Waals surface area contributed by atoms with Gasteiger partial charge in [-0.25, -0.2) is 4.79 Å². The number of nitrogens with zero attached hydrogens (tertiary/aromatic N) is 2. The van der Waals surface area contributed by atoms with E-state index in [2.05, 4.69) is 22.3 Å². The summed E-state index contributed by atoms with van der Waals surface area (Å²) in [7, 11) is 0. The maximum atomic E-state index is 13.0. The predicted octanol–water partition coefficient (Wildman–Crippen LogP) is 3.70. The highest BCUT2D eigenvalue weighted by Crippen LogP contribution is 2.38. The van der Waals surface area contributed by atoms with Crippen LogP contribution in [0.2, 0.25) is 0 Å². The molecule has 0 spiro atoms. The average Bonchev–Trinajstić information content (AvgIpc) is 3.22. The maximum Gasteiger partial charge on any atom is 0.341 e. The first-order chi connectivity index (χ1) is 17.5. The van der Waals surface area contributed by atoms with Gasteiger partial charge in [0.2, 0.25) is 5.91 Å². The monoisotopic (exact) mass is 513 g/mol. The maximum absolute atomic E-state index is 13.0. The number of hydrogen-bond donors (Lipinski definition) is 1. The van der Waals surface area contributed by atoms with E-state index in [0.717, 1.165) is 55.9 Å². The summed E-state index contributed by atoms with van der Waals surface area (Å²) in [5.41, 5.74) is 2.73. The number of carbonyl (C=O) groups is 3. The lowest BCUT2D eigenvalue weighted by atomic mass is 9.98. The molecule has 1 atom stereocenters. The zero-order valence-electron chi connectivity index (χ0n) is 21.1. The Balaban J connectivity index is 1.45. The second-order valence-corrected chi connectivity index (χ2v) is 10.4. The summed E-state index contributed by atoms with van der Waals surface area (Å²) in [5.74, 6) is -0.976. The fourth-order valence-corrected chi connectivity index (χ4v) is 6.26. The first-order valence-electron chi connectivity index (χ1n) is 12.7. The van der Waals surface area contributed by atoms with E-state index in [9.17, 15) is 14.4 Å². The Hall–Kier alpha value is -2.75. The smallest absolute Gasteiger partial charge is 0.341 e. The van der Waals surface area contributed by atoms with Gasteiger partial charge in [-0.05, 0) is 50.8 Å². The molecule has 2 aliphatic heterocycles. The number of piperidine rings is 1. The minimum absolute atomic E-state index is 0.168. The number of hydrogen-bond acceptors (Lipinski definition) is 8. The van der Waals surface area contributed by atoms with Gasteiger partial charge in [-0.15, -0.1) is 11.3 Å². The number of benzene rings is 1. The lowest BCUT2D eigenvalue weighted by molar-refractivity contribution is -0.150. The third kappa shape index (κ3) is 6.52. The van der Waals surface area contributed by atoms with Crippen LogP contribution in [0.15, 0.2) is 30.3 Å². The number of likely N-dealkylation sites (tertiary alicyclic amines) is 1. The van der Waals surface area contributed by atoms with Crippen molar-refractivity contribution in [2.75, 3.05) is 44.7 Å². The number of fused-ring (bicyclic) bond motifs is 1. The van der Waals surface area contributed by atoms with Crippen LogP contribution in [0.25, 0.3) is 0 Å². The average molecular weight is 514 g/mol. The van der Waals surface area contributed by atoms with Crippen LogP contribution < -0.4 is 5.32 Å². The molecule has 1 aromatic carbocycles. The van der Waals surface area contributed by atoms with E-state index in [1.165, 1.54) is 16.9 Å². The lowest BCUT2D eigenvalue weighted by Gasteiger charge is -2.30. The molecule has 2 aromatic rings. The zero-order chi connectivity index (χ0) is 25.5. The highest BCUT2D eigenvalue weighted by Gasteiger charge is 2.31. The van der Waals surface area contributed by atoms with Crippen molar-refractivity contribution in [3.63, 3.8) is 0 Å². The summed E-state index contributed by atoms with van der Waals surface area (Å²) in [5, 5.41) is 3.55. The number of ether oxygens (including phenoxy) is 2. The van der Waals surface area contributed by atoms with E-state index in [0.29, 0.717) is 23.7 Å². The van der Waals surface area contributed by atoms with Crippen molar-refractivity contribution in [3.8, 4) is 0 Å². The molecule has 0 radical (unpaired) electrons. The number of amides is 1. The summed E-state index contributed by atoms with van der Waals surface area (Å²) in [4.78, 5) is 43.5. The molecular formula is C27H35N3O5S. The largest absolute Gasteiger partial charge is 0.466 e. The summed E-state index contributed by atoms with van der Waals surface area (Å²) in [6, 6.07) is 10.3. The molecule has 1 amide bonds. The van der Waals surface area contributed by atoms with Crippen LogP contribution in [0.3, 0.4) is 0 Å². The normalized spacial score (nSPS) is 18.3. The molecule has 3 heterocycles. The van der Waals surface area contributed by atoms with Gasteiger partial charge in [-0.1, -0.05) is 30.3 Å². The second-order valence-electron chi connectivity index (χ2n) is 9.25. The fraction of sp³-hybridized carbons (Fsp3) is 0.519. The zero-order valence-corrected chi connectivity index (χ0v) is 21.9. The minimum Gasteiger partial charge on any atom is -0.466 e. The van der Waals surface area contributed by atoms with E-state index in [1.54, 1.807) is 13.8 Å². The predicted molar refractivity (Wildman–Crippen MR) is 139 cm³/mol. The first kappa shape index (κ1) is 26.3. The molecule has 0 saturated carbocycles. The molecule has 1 aromatic heterocycles. The number of nitrogens with one attached hydrogen (secondary N) is 1. The fourth-order valence-electron chi connectivity index (χ4n) is 4.96. The SMILES string of the molecule is CCOC(=O)c1c(NC(=O)CN2CCCC(C(=O)OCC)C2)sc2c1CCN(Cc1ccccc1)C2. The molecule has 9 heteroatoms. The van der Waals surface area contributed by atoms with Crippen molar-refractivity contribution in [3.05, 3.63) is 51.9 Å². The number of carbonyl (C=O) groups excluding carboxylic acids is 3. The van der Waals surface area contributed by atoms with Crippen molar-refractivity contribution >= 4 is 34.2 Å². The van der Waals surface area contributed by atoms with Crippen molar-refractivity contribution in [1.29, 1.82) is 0 Å². The molecular weight excluding hydrogens is 478 g/mol. The van der Waals surface area contributed by atoms with Crippen LogP contribution in [-0.4, -0.2) is 67.0 Å². The Morgan fingerprint density at radius 2 is 1.83 bits per heavy atom.